The summed E-state index contributed by atoms with van der Waals surface area (Å²) in [4.78, 5) is 29.9. The predicted octanol–water partition coefficient (Wildman–Crippen LogP) is 4.98. The van der Waals surface area contributed by atoms with E-state index in [4.69, 9.17) is 9.47 Å². The first-order valence-corrected chi connectivity index (χ1v) is 13.7. The van der Waals surface area contributed by atoms with E-state index in [1.54, 1.807) is 35.9 Å². The monoisotopic (exact) mass is 541 g/mol. The standard InChI is InChI=1S/C31H35N5O4/c1-21-13-16-24(17-14-21)36(29(37)20-35-26-12-8-7-11-25(26)33-34-35)30(31(38)32-23-9-5-4-6-10-23)22-15-18-27(39-2)28(19-22)40-3/h7-8,11-19,23,30H,4-6,9-10,20H2,1-3H3,(H,32,38)/t30-/m1/s1. The van der Waals surface area contributed by atoms with Crippen LogP contribution in [0.4, 0.5) is 5.69 Å². The number of carbonyl (C=O) groups excluding carboxylic acids is 2. The number of nitrogens with one attached hydrogen (secondary N) is 1. The van der Waals surface area contributed by atoms with Gasteiger partial charge in [-0.3, -0.25) is 14.5 Å². The number of amides is 2. The molecule has 0 saturated heterocycles. The average Bonchev–Trinajstić information content (AvgIpc) is 3.39. The third-order valence-electron chi connectivity index (χ3n) is 7.47. The van der Waals surface area contributed by atoms with E-state index in [9.17, 15) is 9.59 Å². The molecule has 4 aromatic rings. The maximum absolute atomic E-state index is 14.2. The maximum atomic E-state index is 14.2. The molecule has 1 fully saturated rings. The van der Waals surface area contributed by atoms with E-state index in [2.05, 4.69) is 15.6 Å². The summed E-state index contributed by atoms with van der Waals surface area (Å²) in [6, 6.07) is 19.6. The number of para-hydroxylation sites is 1. The molecule has 1 atom stereocenters. The Bertz CT molecular complexity index is 1480. The Labute approximate surface area is 234 Å². The Morgan fingerprint density at radius 1 is 0.975 bits per heavy atom. The van der Waals surface area contributed by atoms with Crippen molar-refractivity contribution in [1.29, 1.82) is 0 Å². The van der Waals surface area contributed by atoms with Crippen molar-refractivity contribution in [2.75, 3.05) is 19.1 Å². The number of carbonyl (C=O) groups is 2. The van der Waals surface area contributed by atoms with Crippen LogP contribution in [0.3, 0.4) is 0 Å². The number of nitrogens with zero attached hydrogens (tertiary/aromatic N) is 4. The topological polar surface area (TPSA) is 98.6 Å². The summed E-state index contributed by atoms with van der Waals surface area (Å²) in [5.74, 6) is 0.489. The maximum Gasteiger partial charge on any atom is 0.249 e. The molecule has 0 radical (unpaired) electrons. The Kier molecular flexibility index (Phi) is 8.28. The third kappa shape index (κ3) is 5.78. The molecule has 5 rings (SSSR count). The lowest BCUT2D eigenvalue weighted by molar-refractivity contribution is -0.127. The van der Waals surface area contributed by atoms with Crippen LogP contribution in [0.5, 0.6) is 11.5 Å². The second-order valence-electron chi connectivity index (χ2n) is 10.2. The number of ether oxygens (including phenoxy) is 2. The van der Waals surface area contributed by atoms with Crippen molar-refractivity contribution < 1.29 is 19.1 Å². The van der Waals surface area contributed by atoms with Gasteiger partial charge in [0.1, 0.15) is 18.1 Å². The summed E-state index contributed by atoms with van der Waals surface area (Å²) >= 11 is 0. The molecule has 40 heavy (non-hydrogen) atoms. The van der Waals surface area contributed by atoms with Crippen LogP contribution in [0.25, 0.3) is 11.0 Å². The molecule has 1 aliphatic carbocycles. The Morgan fingerprint density at radius 2 is 1.70 bits per heavy atom. The van der Waals surface area contributed by atoms with E-state index in [-0.39, 0.29) is 24.4 Å². The van der Waals surface area contributed by atoms with Crippen LogP contribution < -0.4 is 19.7 Å². The van der Waals surface area contributed by atoms with Crippen molar-refractivity contribution in [3.8, 4) is 11.5 Å². The number of hydrogen-bond donors (Lipinski definition) is 1. The van der Waals surface area contributed by atoms with Gasteiger partial charge >= 0.3 is 0 Å². The van der Waals surface area contributed by atoms with Crippen molar-refractivity contribution in [1.82, 2.24) is 20.3 Å². The molecule has 9 heteroatoms. The number of anilines is 1. The van der Waals surface area contributed by atoms with Crippen molar-refractivity contribution in [3.63, 3.8) is 0 Å². The minimum atomic E-state index is -0.952. The van der Waals surface area contributed by atoms with Crippen LogP contribution in [0, 0.1) is 6.92 Å². The third-order valence-corrected chi connectivity index (χ3v) is 7.47. The fraction of sp³-hybridized carbons (Fsp3) is 0.355. The summed E-state index contributed by atoms with van der Waals surface area (Å²) < 4.78 is 12.6. The fourth-order valence-electron chi connectivity index (χ4n) is 5.35. The molecule has 0 spiro atoms. The Hall–Kier alpha value is -4.40. The van der Waals surface area contributed by atoms with Crippen LogP contribution in [-0.4, -0.2) is 47.1 Å². The van der Waals surface area contributed by atoms with Crippen LogP contribution in [0.1, 0.15) is 49.3 Å². The Balaban J connectivity index is 1.59. The quantitative estimate of drug-likeness (QED) is 0.321. The average molecular weight is 542 g/mol. The number of benzene rings is 3. The van der Waals surface area contributed by atoms with E-state index in [0.717, 1.165) is 36.8 Å². The van der Waals surface area contributed by atoms with Gasteiger partial charge in [0.05, 0.1) is 19.7 Å². The zero-order valence-electron chi connectivity index (χ0n) is 23.2. The van der Waals surface area contributed by atoms with E-state index in [1.807, 2.05) is 61.5 Å². The van der Waals surface area contributed by atoms with E-state index in [0.29, 0.717) is 28.3 Å². The van der Waals surface area contributed by atoms with Gasteiger partial charge in [-0.1, -0.05) is 60.4 Å². The molecule has 0 bridgehead atoms. The lowest BCUT2D eigenvalue weighted by Crippen LogP contribution is -2.48. The first kappa shape index (κ1) is 27.2. The number of aryl methyl sites for hydroxylation is 1. The number of rotatable bonds is 9. The molecule has 208 valence electrons. The number of aromatic nitrogens is 3. The minimum absolute atomic E-state index is 0.0677. The molecular formula is C31H35N5O4. The second-order valence-corrected chi connectivity index (χ2v) is 10.2. The van der Waals surface area contributed by atoms with Crippen LogP contribution in [0.15, 0.2) is 66.7 Å². The summed E-state index contributed by atoms with van der Waals surface area (Å²) in [5.41, 5.74) is 3.72. The van der Waals surface area contributed by atoms with Crippen molar-refractivity contribution in [2.45, 2.75) is 57.7 Å². The second kappa shape index (κ2) is 12.2. The number of methoxy groups -OCH3 is 2. The molecule has 1 saturated carbocycles. The molecule has 2 amide bonds. The normalized spacial score (nSPS) is 14.5. The lowest BCUT2D eigenvalue weighted by atomic mass is 9.94. The molecule has 1 heterocycles. The van der Waals surface area contributed by atoms with Gasteiger partial charge in [0.2, 0.25) is 11.8 Å². The number of fused-ring (bicyclic) bond motifs is 1. The fourth-order valence-corrected chi connectivity index (χ4v) is 5.35. The molecule has 1 N–H and O–H groups in total. The van der Waals surface area contributed by atoms with E-state index >= 15 is 0 Å². The van der Waals surface area contributed by atoms with Gasteiger partial charge < -0.3 is 14.8 Å². The van der Waals surface area contributed by atoms with Crippen LogP contribution in [-0.2, 0) is 16.1 Å². The highest BCUT2D eigenvalue weighted by Crippen LogP contribution is 2.35. The molecule has 9 nitrogen and oxygen atoms in total. The van der Waals surface area contributed by atoms with Gasteiger partial charge in [-0.25, -0.2) is 4.68 Å². The first-order chi connectivity index (χ1) is 19.5. The summed E-state index contributed by atoms with van der Waals surface area (Å²) in [5, 5.41) is 11.7. The highest BCUT2D eigenvalue weighted by Gasteiger charge is 2.35. The number of hydrogen-bond acceptors (Lipinski definition) is 6. The molecule has 1 aliphatic rings. The zero-order chi connectivity index (χ0) is 28.1. The van der Waals surface area contributed by atoms with E-state index in [1.165, 1.54) is 6.42 Å². The van der Waals surface area contributed by atoms with Gasteiger partial charge in [-0.15, -0.1) is 5.10 Å². The van der Waals surface area contributed by atoms with Gasteiger partial charge in [0.15, 0.2) is 11.5 Å². The highest BCUT2D eigenvalue weighted by atomic mass is 16.5. The van der Waals surface area contributed by atoms with Gasteiger partial charge in [-0.05, 0) is 61.7 Å². The van der Waals surface area contributed by atoms with E-state index < -0.39 is 6.04 Å². The van der Waals surface area contributed by atoms with Crippen molar-refractivity contribution in [2.24, 2.45) is 0 Å². The SMILES string of the molecule is COc1ccc([C@H](C(=O)NC2CCCCC2)N(C(=O)Cn2nnc3ccccc32)c2ccc(C)cc2)cc1OC. The first-order valence-electron chi connectivity index (χ1n) is 13.7. The summed E-state index contributed by atoms with van der Waals surface area (Å²) in [6.45, 7) is 1.90. The van der Waals surface area contributed by atoms with Gasteiger partial charge in [-0.2, -0.15) is 0 Å². The zero-order valence-corrected chi connectivity index (χ0v) is 23.2. The van der Waals surface area contributed by atoms with Gasteiger partial charge in [0, 0.05) is 11.7 Å². The van der Waals surface area contributed by atoms with Crippen molar-refractivity contribution >= 4 is 28.5 Å². The van der Waals surface area contributed by atoms with Crippen molar-refractivity contribution in [3.05, 3.63) is 77.9 Å². The van der Waals surface area contributed by atoms with Crippen LogP contribution in [0.2, 0.25) is 0 Å². The molecule has 0 aliphatic heterocycles. The molecule has 0 unspecified atom stereocenters. The van der Waals surface area contributed by atoms with Gasteiger partial charge in [0.25, 0.3) is 0 Å². The summed E-state index contributed by atoms with van der Waals surface area (Å²) in [7, 11) is 3.12. The Morgan fingerprint density at radius 3 is 2.42 bits per heavy atom. The minimum Gasteiger partial charge on any atom is -0.493 e. The smallest absolute Gasteiger partial charge is 0.249 e. The lowest BCUT2D eigenvalue weighted by Gasteiger charge is -2.33. The molecule has 1 aromatic heterocycles. The molecular weight excluding hydrogens is 506 g/mol. The highest BCUT2D eigenvalue weighted by molar-refractivity contribution is 6.01. The largest absolute Gasteiger partial charge is 0.493 e. The summed E-state index contributed by atoms with van der Waals surface area (Å²) in [6.07, 6.45) is 5.17. The molecule has 3 aromatic carbocycles. The predicted molar refractivity (Wildman–Crippen MR) is 153 cm³/mol. The van der Waals surface area contributed by atoms with Crippen LogP contribution >= 0.6 is 0 Å².